The zero-order valence-electron chi connectivity index (χ0n) is 11.5. The lowest BCUT2D eigenvalue weighted by atomic mass is 10.2. The van der Waals surface area contributed by atoms with Crippen LogP contribution in [-0.4, -0.2) is 27.4 Å². The minimum absolute atomic E-state index is 0.237. The molecule has 0 atom stereocenters. The van der Waals surface area contributed by atoms with E-state index in [4.69, 9.17) is 14.6 Å². The first kappa shape index (κ1) is 12.7. The molecule has 22 heavy (non-hydrogen) atoms. The van der Waals surface area contributed by atoms with Crippen molar-refractivity contribution in [3.8, 4) is 11.5 Å². The Bertz CT molecular complexity index is 885. The Hall–Kier alpha value is -3.02. The van der Waals surface area contributed by atoms with E-state index in [-0.39, 0.29) is 12.4 Å². The van der Waals surface area contributed by atoms with Crippen molar-refractivity contribution < 1.29 is 19.4 Å². The Morgan fingerprint density at radius 3 is 2.91 bits per heavy atom. The quantitative estimate of drug-likeness (QED) is 0.804. The third-order valence-electron chi connectivity index (χ3n) is 3.66. The Balaban J connectivity index is 1.68. The van der Waals surface area contributed by atoms with Gasteiger partial charge in [0.25, 0.3) is 0 Å². The lowest BCUT2D eigenvalue weighted by Gasteiger charge is -2.06. The topological polar surface area (TPSA) is 73.6 Å². The van der Waals surface area contributed by atoms with Crippen molar-refractivity contribution in [3.63, 3.8) is 0 Å². The van der Waals surface area contributed by atoms with Gasteiger partial charge in [0.05, 0.1) is 22.9 Å². The summed E-state index contributed by atoms with van der Waals surface area (Å²) < 4.78 is 12.6. The minimum atomic E-state index is -0.952. The van der Waals surface area contributed by atoms with Crippen LogP contribution >= 0.6 is 0 Å². The van der Waals surface area contributed by atoms with Gasteiger partial charge in [-0.1, -0.05) is 6.07 Å². The van der Waals surface area contributed by atoms with Crippen LogP contribution < -0.4 is 9.47 Å². The monoisotopic (exact) mass is 296 g/mol. The molecule has 0 amide bonds. The first-order valence-electron chi connectivity index (χ1n) is 6.77. The smallest absolute Gasteiger partial charge is 0.335 e. The van der Waals surface area contributed by atoms with Crippen molar-refractivity contribution in [2.24, 2.45) is 0 Å². The number of carboxylic acid groups (broad SMARTS) is 1. The molecule has 6 nitrogen and oxygen atoms in total. The molecule has 0 fully saturated rings. The summed E-state index contributed by atoms with van der Waals surface area (Å²) in [7, 11) is 0. The molecule has 1 aromatic heterocycles. The number of rotatable bonds is 3. The van der Waals surface area contributed by atoms with Crippen LogP contribution in [0.1, 0.15) is 15.9 Å². The zero-order chi connectivity index (χ0) is 15.1. The molecule has 0 saturated carbocycles. The number of imidazole rings is 1. The number of ether oxygens (including phenoxy) is 2. The largest absolute Gasteiger partial charge is 0.478 e. The third-order valence-corrected chi connectivity index (χ3v) is 3.66. The van der Waals surface area contributed by atoms with Gasteiger partial charge in [0.2, 0.25) is 6.79 Å². The van der Waals surface area contributed by atoms with E-state index in [1.807, 2.05) is 22.8 Å². The Morgan fingerprint density at radius 2 is 2.05 bits per heavy atom. The molecule has 0 radical (unpaired) electrons. The van der Waals surface area contributed by atoms with E-state index in [1.54, 1.807) is 24.5 Å². The molecule has 0 unspecified atom stereocenters. The maximum Gasteiger partial charge on any atom is 0.335 e. The van der Waals surface area contributed by atoms with Gasteiger partial charge in [-0.25, -0.2) is 9.78 Å². The van der Waals surface area contributed by atoms with Crippen LogP contribution in [0.2, 0.25) is 0 Å². The standard InChI is InChI=1S/C16H12N2O4/c19-16(20)11-2-3-13-12(6-11)17-8-18(13)7-10-1-4-14-15(5-10)22-9-21-14/h1-6,8H,7,9H2,(H,19,20). The average molecular weight is 296 g/mol. The number of carboxylic acids is 1. The van der Waals surface area contributed by atoms with Crippen molar-refractivity contribution in [1.82, 2.24) is 9.55 Å². The summed E-state index contributed by atoms with van der Waals surface area (Å²) in [6.07, 6.45) is 1.71. The zero-order valence-corrected chi connectivity index (χ0v) is 11.5. The fourth-order valence-electron chi connectivity index (χ4n) is 2.56. The van der Waals surface area contributed by atoms with Gasteiger partial charge < -0.3 is 19.1 Å². The normalized spacial score (nSPS) is 12.7. The molecule has 1 aliphatic rings. The second-order valence-corrected chi connectivity index (χ2v) is 5.07. The first-order chi connectivity index (χ1) is 10.7. The molecule has 4 rings (SSSR count). The van der Waals surface area contributed by atoms with Crippen LogP contribution in [0.4, 0.5) is 0 Å². The predicted molar refractivity (Wildman–Crippen MR) is 78.4 cm³/mol. The fourth-order valence-corrected chi connectivity index (χ4v) is 2.56. The maximum absolute atomic E-state index is 11.0. The molecule has 110 valence electrons. The lowest BCUT2D eigenvalue weighted by molar-refractivity contribution is 0.0697. The third kappa shape index (κ3) is 2.05. The molecule has 0 spiro atoms. The summed E-state index contributed by atoms with van der Waals surface area (Å²) in [5.74, 6) is 0.549. The molecule has 6 heteroatoms. The summed E-state index contributed by atoms with van der Waals surface area (Å²) in [4.78, 5) is 15.3. The predicted octanol–water partition coefficient (Wildman–Crippen LogP) is 2.51. The van der Waals surface area contributed by atoms with E-state index in [9.17, 15) is 4.79 Å². The SMILES string of the molecule is O=C(O)c1ccc2c(c1)ncn2Cc1ccc2c(c1)OCO2. The molecule has 3 aromatic rings. The van der Waals surface area contributed by atoms with Crippen molar-refractivity contribution >= 4 is 17.0 Å². The summed E-state index contributed by atoms with van der Waals surface area (Å²) >= 11 is 0. The van der Waals surface area contributed by atoms with Gasteiger partial charge in [0.1, 0.15) is 0 Å². The lowest BCUT2D eigenvalue weighted by Crippen LogP contribution is -1.99. The number of aromatic nitrogens is 2. The van der Waals surface area contributed by atoms with Crippen LogP contribution in [0.15, 0.2) is 42.7 Å². The number of carbonyl (C=O) groups is 1. The molecule has 0 saturated heterocycles. The van der Waals surface area contributed by atoms with Gasteiger partial charge in [0.15, 0.2) is 11.5 Å². The molecular weight excluding hydrogens is 284 g/mol. The van der Waals surface area contributed by atoms with Crippen LogP contribution in [0.25, 0.3) is 11.0 Å². The van der Waals surface area contributed by atoms with Crippen LogP contribution in [0.5, 0.6) is 11.5 Å². The van der Waals surface area contributed by atoms with Crippen molar-refractivity contribution in [1.29, 1.82) is 0 Å². The summed E-state index contributed by atoms with van der Waals surface area (Å²) in [5, 5.41) is 9.02. The Labute approximate surface area is 125 Å². The van der Waals surface area contributed by atoms with Gasteiger partial charge >= 0.3 is 5.97 Å². The highest BCUT2D eigenvalue weighted by molar-refractivity contribution is 5.92. The van der Waals surface area contributed by atoms with Crippen LogP contribution in [0.3, 0.4) is 0 Å². The van der Waals surface area contributed by atoms with Crippen LogP contribution in [0, 0.1) is 0 Å². The van der Waals surface area contributed by atoms with E-state index in [1.165, 1.54) is 0 Å². The fraction of sp³-hybridized carbons (Fsp3) is 0.125. The molecular formula is C16H12N2O4. The maximum atomic E-state index is 11.0. The molecule has 2 aromatic carbocycles. The van der Waals surface area contributed by atoms with E-state index in [0.29, 0.717) is 12.1 Å². The summed E-state index contributed by atoms with van der Waals surface area (Å²) in [6, 6.07) is 10.7. The number of aromatic carboxylic acids is 1. The highest BCUT2D eigenvalue weighted by atomic mass is 16.7. The van der Waals surface area contributed by atoms with E-state index in [0.717, 1.165) is 22.6 Å². The van der Waals surface area contributed by atoms with Crippen molar-refractivity contribution in [2.45, 2.75) is 6.54 Å². The van der Waals surface area contributed by atoms with Gasteiger partial charge in [-0.3, -0.25) is 0 Å². The van der Waals surface area contributed by atoms with Gasteiger partial charge in [-0.15, -0.1) is 0 Å². The van der Waals surface area contributed by atoms with E-state index < -0.39 is 5.97 Å². The molecule has 2 heterocycles. The van der Waals surface area contributed by atoms with Crippen molar-refractivity contribution in [2.75, 3.05) is 6.79 Å². The van der Waals surface area contributed by atoms with Gasteiger partial charge in [0, 0.05) is 6.54 Å². The Morgan fingerprint density at radius 1 is 1.18 bits per heavy atom. The Kier molecular flexibility index (Phi) is 2.75. The number of hydrogen-bond donors (Lipinski definition) is 1. The summed E-state index contributed by atoms with van der Waals surface area (Å²) in [5.41, 5.74) is 2.86. The average Bonchev–Trinajstić information content (AvgIpc) is 3.13. The molecule has 0 aliphatic carbocycles. The number of benzene rings is 2. The van der Waals surface area contributed by atoms with Crippen molar-refractivity contribution in [3.05, 3.63) is 53.9 Å². The minimum Gasteiger partial charge on any atom is -0.478 e. The second kappa shape index (κ2) is 4.77. The highest BCUT2D eigenvalue weighted by Gasteiger charge is 2.14. The molecule has 1 aliphatic heterocycles. The first-order valence-corrected chi connectivity index (χ1v) is 6.77. The van der Waals surface area contributed by atoms with Gasteiger partial charge in [-0.2, -0.15) is 0 Å². The molecule has 0 bridgehead atoms. The number of fused-ring (bicyclic) bond motifs is 2. The number of hydrogen-bond acceptors (Lipinski definition) is 4. The summed E-state index contributed by atoms with van der Waals surface area (Å²) in [6.45, 7) is 0.879. The van der Waals surface area contributed by atoms with E-state index >= 15 is 0 Å². The molecule has 1 N–H and O–H groups in total. The highest BCUT2D eigenvalue weighted by Crippen LogP contribution is 2.32. The van der Waals surface area contributed by atoms with E-state index in [2.05, 4.69) is 4.98 Å². The van der Waals surface area contributed by atoms with Crippen LogP contribution in [-0.2, 0) is 6.54 Å². The second-order valence-electron chi connectivity index (χ2n) is 5.07. The van der Waals surface area contributed by atoms with Gasteiger partial charge in [-0.05, 0) is 35.9 Å². The number of nitrogens with zero attached hydrogens (tertiary/aromatic N) is 2.